The first-order chi connectivity index (χ1) is 9.65. The zero-order chi connectivity index (χ0) is 14.5. The van der Waals surface area contributed by atoms with Crippen LogP contribution >= 0.6 is 0 Å². The summed E-state index contributed by atoms with van der Waals surface area (Å²) < 4.78 is 29.8. The lowest BCUT2D eigenvalue weighted by Gasteiger charge is -2.43. The zero-order valence-corrected chi connectivity index (χ0v) is 12.2. The molecule has 0 amide bonds. The molecule has 1 fully saturated rings. The van der Waals surface area contributed by atoms with E-state index in [4.69, 9.17) is 14.2 Å². The van der Waals surface area contributed by atoms with Gasteiger partial charge >= 0.3 is 0 Å². The predicted molar refractivity (Wildman–Crippen MR) is 74.6 cm³/mol. The third-order valence-corrected chi connectivity index (χ3v) is 3.63. The van der Waals surface area contributed by atoms with E-state index in [2.05, 4.69) is 5.32 Å². The van der Waals surface area contributed by atoms with Crippen molar-refractivity contribution in [3.63, 3.8) is 0 Å². The molecule has 1 aliphatic rings. The van der Waals surface area contributed by atoms with E-state index >= 15 is 0 Å². The summed E-state index contributed by atoms with van der Waals surface area (Å²) in [5.41, 5.74) is 0.800. The SMILES string of the molecule is CNC1CC(Oc2ccc(F)cc2C)C1OCCOC. The van der Waals surface area contributed by atoms with E-state index in [1.54, 1.807) is 13.2 Å². The molecule has 0 aliphatic heterocycles. The van der Waals surface area contributed by atoms with Crippen LogP contribution in [-0.2, 0) is 9.47 Å². The van der Waals surface area contributed by atoms with Gasteiger partial charge in [-0.1, -0.05) is 0 Å². The molecular formula is C15H22FNO3. The molecule has 3 atom stereocenters. The maximum absolute atomic E-state index is 13.1. The number of benzene rings is 1. The van der Waals surface area contributed by atoms with E-state index in [-0.39, 0.29) is 24.1 Å². The van der Waals surface area contributed by atoms with Crippen molar-refractivity contribution >= 4 is 0 Å². The van der Waals surface area contributed by atoms with Crippen LogP contribution in [-0.4, -0.2) is 45.6 Å². The van der Waals surface area contributed by atoms with Gasteiger partial charge in [0.25, 0.3) is 0 Å². The summed E-state index contributed by atoms with van der Waals surface area (Å²) in [4.78, 5) is 0. The third kappa shape index (κ3) is 3.48. The molecule has 0 spiro atoms. The lowest BCUT2D eigenvalue weighted by molar-refractivity contribution is -0.114. The van der Waals surface area contributed by atoms with Crippen LogP contribution in [0.1, 0.15) is 12.0 Å². The Balaban J connectivity index is 1.94. The highest BCUT2D eigenvalue weighted by molar-refractivity contribution is 5.33. The van der Waals surface area contributed by atoms with Gasteiger partial charge in [0.1, 0.15) is 23.8 Å². The largest absolute Gasteiger partial charge is 0.487 e. The third-order valence-electron chi connectivity index (χ3n) is 3.63. The number of hydrogen-bond acceptors (Lipinski definition) is 4. The Morgan fingerprint density at radius 3 is 2.80 bits per heavy atom. The average molecular weight is 283 g/mol. The molecule has 4 nitrogen and oxygen atoms in total. The highest BCUT2D eigenvalue weighted by Crippen LogP contribution is 2.30. The lowest BCUT2D eigenvalue weighted by atomic mass is 9.85. The Hall–Kier alpha value is -1.17. The van der Waals surface area contributed by atoms with Crippen molar-refractivity contribution in [1.29, 1.82) is 0 Å². The van der Waals surface area contributed by atoms with Crippen LogP contribution in [0.5, 0.6) is 5.75 Å². The minimum atomic E-state index is -0.246. The first-order valence-electron chi connectivity index (χ1n) is 6.86. The molecule has 0 heterocycles. The van der Waals surface area contributed by atoms with E-state index in [0.717, 1.165) is 12.0 Å². The van der Waals surface area contributed by atoms with Crippen molar-refractivity contribution in [2.75, 3.05) is 27.4 Å². The van der Waals surface area contributed by atoms with Crippen molar-refractivity contribution in [2.24, 2.45) is 0 Å². The van der Waals surface area contributed by atoms with Crippen molar-refractivity contribution in [3.05, 3.63) is 29.6 Å². The monoisotopic (exact) mass is 283 g/mol. The summed E-state index contributed by atoms with van der Waals surface area (Å²) in [6.45, 7) is 2.95. The van der Waals surface area contributed by atoms with Crippen LogP contribution in [0, 0.1) is 12.7 Å². The van der Waals surface area contributed by atoms with E-state index < -0.39 is 0 Å². The van der Waals surface area contributed by atoms with E-state index in [1.807, 2.05) is 14.0 Å². The zero-order valence-electron chi connectivity index (χ0n) is 12.2. The first-order valence-corrected chi connectivity index (χ1v) is 6.86. The number of methoxy groups -OCH3 is 1. The molecule has 2 rings (SSSR count). The Labute approximate surface area is 119 Å². The molecular weight excluding hydrogens is 261 g/mol. The van der Waals surface area contributed by atoms with Gasteiger partial charge in [0.15, 0.2) is 0 Å². The number of ether oxygens (including phenoxy) is 3. The first kappa shape index (κ1) is 15.2. The summed E-state index contributed by atoms with van der Waals surface area (Å²) in [6.07, 6.45) is 0.874. The molecule has 0 bridgehead atoms. The quantitative estimate of drug-likeness (QED) is 0.776. The van der Waals surface area contributed by atoms with Gasteiger partial charge in [-0.15, -0.1) is 0 Å². The number of halogens is 1. The van der Waals surface area contributed by atoms with Crippen molar-refractivity contribution in [1.82, 2.24) is 5.32 Å². The molecule has 1 saturated carbocycles. The summed E-state index contributed by atoms with van der Waals surface area (Å²) in [5.74, 6) is 0.468. The number of rotatable bonds is 7. The molecule has 0 radical (unpaired) electrons. The molecule has 5 heteroatoms. The number of nitrogens with one attached hydrogen (secondary N) is 1. The van der Waals surface area contributed by atoms with Crippen LogP contribution in [0.15, 0.2) is 18.2 Å². The minimum absolute atomic E-state index is 0.000368. The highest BCUT2D eigenvalue weighted by atomic mass is 19.1. The van der Waals surface area contributed by atoms with Gasteiger partial charge in [-0.25, -0.2) is 4.39 Å². The van der Waals surface area contributed by atoms with Gasteiger partial charge in [-0.3, -0.25) is 0 Å². The predicted octanol–water partition coefficient (Wildman–Crippen LogP) is 1.90. The Kier molecular flexibility index (Phi) is 5.34. The highest BCUT2D eigenvalue weighted by Gasteiger charge is 2.43. The van der Waals surface area contributed by atoms with Gasteiger partial charge < -0.3 is 19.5 Å². The maximum Gasteiger partial charge on any atom is 0.128 e. The van der Waals surface area contributed by atoms with Crippen molar-refractivity contribution in [2.45, 2.75) is 31.6 Å². The second-order valence-corrected chi connectivity index (χ2v) is 5.03. The summed E-state index contributed by atoms with van der Waals surface area (Å²) >= 11 is 0. The second kappa shape index (κ2) is 7.02. The lowest BCUT2D eigenvalue weighted by Crippen LogP contribution is -2.60. The van der Waals surface area contributed by atoms with Crippen LogP contribution < -0.4 is 10.1 Å². The Morgan fingerprint density at radius 2 is 2.15 bits per heavy atom. The molecule has 1 aliphatic carbocycles. The molecule has 0 saturated heterocycles. The molecule has 1 aromatic carbocycles. The topological polar surface area (TPSA) is 39.7 Å². The van der Waals surface area contributed by atoms with Crippen molar-refractivity contribution in [3.8, 4) is 5.75 Å². The van der Waals surface area contributed by atoms with Gasteiger partial charge in [-0.2, -0.15) is 0 Å². The van der Waals surface area contributed by atoms with Crippen LogP contribution in [0.2, 0.25) is 0 Å². The number of hydrogen-bond donors (Lipinski definition) is 1. The van der Waals surface area contributed by atoms with Gasteiger partial charge in [0.05, 0.1) is 13.2 Å². The van der Waals surface area contributed by atoms with Crippen molar-refractivity contribution < 1.29 is 18.6 Å². The maximum atomic E-state index is 13.1. The molecule has 3 unspecified atom stereocenters. The molecule has 1 N–H and O–H groups in total. The number of likely N-dealkylation sites (N-methyl/N-ethyl adjacent to an activating group) is 1. The Bertz CT molecular complexity index is 441. The van der Waals surface area contributed by atoms with Gasteiger partial charge in [0, 0.05) is 19.6 Å². The van der Waals surface area contributed by atoms with E-state index in [1.165, 1.54) is 12.1 Å². The second-order valence-electron chi connectivity index (χ2n) is 5.03. The minimum Gasteiger partial charge on any atom is -0.487 e. The molecule has 112 valence electrons. The molecule has 0 aromatic heterocycles. The average Bonchev–Trinajstić information content (AvgIpc) is 2.41. The molecule has 1 aromatic rings. The summed E-state index contributed by atoms with van der Waals surface area (Å²) in [7, 11) is 3.56. The Morgan fingerprint density at radius 1 is 1.35 bits per heavy atom. The summed E-state index contributed by atoms with van der Waals surface area (Å²) in [5, 5.41) is 3.21. The van der Waals surface area contributed by atoms with E-state index in [9.17, 15) is 4.39 Å². The van der Waals surface area contributed by atoms with Crippen LogP contribution in [0.3, 0.4) is 0 Å². The normalized spacial score (nSPS) is 25.3. The van der Waals surface area contributed by atoms with E-state index in [0.29, 0.717) is 19.0 Å². The molecule has 20 heavy (non-hydrogen) atoms. The fraction of sp³-hybridized carbons (Fsp3) is 0.600. The van der Waals surface area contributed by atoms with Crippen LogP contribution in [0.4, 0.5) is 4.39 Å². The smallest absolute Gasteiger partial charge is 0.128 e. The van der Waals surface area contributed by atoms with Crippen LogP contribution in [0.25, 0.3) is 0 Å². The fourth-order valence-electron chi connectivity index (χ4n) is 2.38. The van der Waals surface area contributed by atoms with Gasteiger partial charge in [0.2, 0.25) is 0 Å². The standard InChI is InChI=1S/C15H22FNO3/c1-10-8-11(16)4-5-13(10)20-14-9-12(17-2)15(14)19-7-6-18-3/h4-5,8,12,14-15,17H,6-7,9H2,1-3H3. The summed E-state index contributed by atoms with van der Waals surface area (Å²) in [6, 6.07) is 4.85. The number of aryl methyl sites for hydroxylation is 1. The van der Waals surface area contributed by atoms with Gasteiger partial charge in [-0.05, 0) is 37.7 Å². The fourth-order valence-corrected chi connectivity index (χ4v) is 2.38.